The summed E-state index contributed by atoms with van der Waals surface area (Å²) in [4.78, 5) is 0. The molecule has 0 aliphatic carbocycles. The number of hydrogen-bond donors (Lipinski definition) is 0. The van der Waals surface area contributed by atoms with Crippen LogP contribution in [0.1, 0.15) is 32.8 Å². The van der Waals surface area contributed by atoms with E-state index in [4.69, 9.17) is 0 Å². The van der Waals surface area contributed by atoms with Gasteiger partial charge in [0.15, 0.2) is 0 Å². The number of benzene rings is 3. The van der Waals surface area contributed by atoms with Crippen LogP contribution in [0.25, 0.3) is 22.3 Å². The molecule has 0 bridgehead atoms. The van der Waals surface area contributed by atoms with E-state index in [2.05, 4.69) is 93.6 Å². The van der Waals surface area contributed by atoms with Crippen molar-refractivity contribution >= 4 is 0 Å². The third-order valence-corrected chi connectivity index (χ3v) is 4.75. The van der Waals surface area contributed by atoms with Gasteiger partial charge in [-0.1, -0.05) is 93.6 Å². The van der Waals surface area contributed by atoms with Gasteiger partial charge in [-0.25, -0.2) is 0 Å². The molecule has 3 aromatic rings. The van der Waals surface area contributed by atoms with Crippen LogP contribution in [0.15, 0.2) is 72.8 Å². The van der Waals surface area contributed by atoms with Crippen LogP contribution in [0, 0.1) is 6.07 Å². The van der Waals surface area contributed by atoms with E-state index < -0.39 is 0 Å². The Hall–Kier alpha value is -2.34. The van der Waals surface area contributed by atoms with E-state index in [1.807, 2.05) is 6.07 Å². The average Bonchev–Trinajstić information content (AvgIpc) is 2.62. The molecule has 0 aliphatic rings. The molecule has 115 valence electrons. The zero-order chi connectivity index (χ0) is 16.3. The quantitative estimate of drug-likeness (QED) is 0.515. The van der Waals surface area contributed by atoms with Crippen molar-refractivity contribution in [3.63, 3.8) is 0 Å². The van der Waals surface area contributed by atoms with Gasteiger partial charge in [0.2, 0.25) is 0 Å². The lowest BCUT2D eigenvalue weighted by Crippen LogP contribution is -2.16. The van der Waals surface area contributed by atoms with Crippen molar-refractivity contribution in [3.05, 3.63) is 84.4 Å². The molecule has 0 fully saturated rings. The molecular formula is C23H23. The van der Waals surface area contributed by atoms with E-state index in [-0.39, 0.29) is 5.41 Å². The normalized spacial score (nSPS) is 11.4. The van der Waals surface area contributed by atoms with Crippen LogP contribution in [-0.4, -0.2) is 0 Å². The molecule has 3 rings (SSSR count). The Morgan fingerprint density at radius 1 is 0.783 bits per heavy atom. The molecule has 0 saturated heterocycles. The zero-order valence-electron chi connectivity index (χ0n) is 14.1. The van der Waals surface area contributed by atoms with Crippen LogP contribution in [0.4, 0.5) is 0 Å². The molecule has 0 aromatic heterocycles. The predicted octanol–water partition coefficient (Wildman–Crippen LogP) is 6.51. The molecular weight excluding hydrogens is 276 g/mol. The van der Waals surface area contributed by atoms with Crippen LogP contribution in [0.5, 0.6) is 0 Å². The summed E-state index contributed by atoms with van der Waals surface area (Å²) >= 11 is 0. The second-order valence-electron chi connectivity index (χ2n) is 6.61. The number of hydrogen-bond acceptors (Lipinski definition) is 0. The van der Waals surface area contributed by atoms with Crippen molar-refractivity contribution in [1.82, 2.24) is 0 Å². The third-order valence-electron chi connectivity index (χ3n) is 4.75. The molecule has 0 nitrogen and oxygen atoms in total. The fourth-order valence-corrected chi connectivity index (χ4v) is 3.00. The van der Waals surface area contributed by atoms with Gasteiger partial charge in [-0.15, -0.1) is 0 Å². The lowest BCUT2D eigenvalue weighted by atomic mass is 9.77. The largest absolute Gasteiger partial charge is 0.0646 e. The molecule has 0 spiro atoms. The maximum Gasteiger partial charge on any atom is -0.00265 e. The Morgan fingerprint density at radius 3 is 2.17 bits per heavy atom. The Morgan fingerprint density at radius 2 is 1.43 bits per heavy atom. The predicted molar refractivity (Wildman–Crippen MR) is 99.5 cm³/mol. The molecule has 0 aliphatic heterocycles. The Bertz CT molecular complexity index is 782. The van der Waals surface area contributed by atoms with E-state index in [0.29, 0.717) is 0 Å². The molecule has 0 unspecified atom stereocenters. The van der Waals surface area contributed by atoms with Crippen molar-refractivity contribution < 1.29 is 0 Å². The minimum absolute atomic E-state index is 0.153. The van der Waals surface area contributed by atoms with Gasteiger partial charge < -0.3 is 0 Å². The standard InChI is InChI=1S/C23H23/c1-4-23(2,3)22-17-11-10-16-21(22)20-15-9-8-14-19(20)18-12-6-5-7-13-18/h5-13,15-17H,4H2,1-3H3. The summed E-state index contributed by atoms with van der Waals surface area (Å²) in [7, 11) is 0. The van der Waals surface area contributed by atoms with E-state index in [1.54, 1.807) is 0 Å². The van der Waals surface area contributed by atoms with Gasteiger partial charge in [-0.05, 0) is 45.7 Å². The van der Waals surface area contributed by atoms with Crippen LogP contribution < -0.4 is 0 Å². The topological polar surface area (TPSA) is 0 Å². The summed E-state index contributed by atoms with van der Waals surface area (Å²) in [5, 5.41) is 0. The second kappa shape index (κ2) is 6.42. The van der Waals surface area contributed by atoms with Crippen LogP contribution in [-0.2, 0) is 5.41 Å². The van der Waals surface area contributed by atoms with Gasteiger partial charge >= 0.3 is 0 Å². The monoisotopic (exact) mass is 299 g/mol. The van der Waals surface area contributed by atoms with Crippen LogP contribution in [0.3, 0.4) is 0 Å². The molecule has 0 saturated carbocycles. The van der Waals surface area contributed by atoms with Gasteiger partial charge in [-0.2, -0.15) is 0 Å². The SMILES string of the molecule is CCC(C)(C)c1ccccc1-c1ccc[c]c1-c1ccccc1. The minimum atomic E-state index is 0.153. The highest BCUT2D eigenvalue weighted by molar-refractivity contribution is 5.84. The molecule has 3 aromatic carbocycles. The Kier molecular flexibility index (Phi) is 4.34. The summed E-state index contributed by atoms with van der Waals surface area (Å²) in [5.41, 5.74) is 6.52. The average molecular weight is 299 g/mol. The van der Waals surface area contributed by atoms with Gasteiger partial charge in [-0.3, -0.25) is 0 Å². The summed E-state index contributed by atoms with van der Waals surface area (Å²) in [6, 6.07) is 29.1. The Labute approximate surface area is 139 Å². The van der Waals surface area contributed by atoms with E-state index in [1.165, 1.54) is 27.8 Å². The lowest BCUT2D eigenvalue weighted by molar-refractivity contribution is 0.508. The molecule has 0 atom stereocenters. The highest BCUT2D eigenvalue weighted by Gasteiger charge is 2.22. The van der Waals surface area contributed by atoms with E-state index in [0.717, 1.165) is 6.42 Å². The van der Waals surface area contributed by atoms with Crippen molar-refractivity contribution in [3.8, 4) is 22.3 Å². The molecule has 0 N–H and O–H groups in total. The first-order valence-electron chi connectivity index (χ1n) is 8.29. The maximum absolute atomic E-state index is 3.45. The smallest absolute Gasteiger partial charge is 0.00265 e. The van der Waals surface area contributed by atoms with E-state index in [9.17, 15) is 0 Å². The fraction of sp³-hybridized carbons (Fsp3) is 0.217. The highest BCUT2D eigenvalue weighted by atomic mass is 14.3. The molecule has 23 heavy (non-hydrogen) atoms. The summed E-state index contributed by atoms with van der Waals surface area (Å²) in [6.45, 7) is 6.90. The maximum atomic E-state index is 3.45. The summed E-state index contributed by atoms with van der Waals surface area (Å²) in [6.07, 6.45) is 1.11. The van der Waals surface area contributed by atoms with Crippen molar-refractivity contribution in [1.29, 1.82) is 0 Å². The summed E-state index contributed by atoms with van der Waals surface area (Å²) < 4.78 is 0. The third kappa shape index (κ3) is 3.07. The van der Waals surface area contributed by atoms with Gasteiger partial charge in [0, 0.05) is 0 Å². The highest BCUT2D eigenvalue weighted by Crippen LogP contribution is 2.39. The van der Waals surface area contributed by atoms with Crippen molar-refractivity contribution in [2.24, 2.45) is 0 Å². The van der Waals surface area contributed by atoms with Gasteiger partial charge in [0.25, 0.3) is 0 Å². The Balaban J connectivity index is 2.22. The van der Waals surface area contributed by atoms with Gasteiger partial charge in [0.1, 0.15) is 0 Å². The summed E-state index contributed by atoms with van der Waals surface area (Å²) in [5.74, 6) is 0. The first-order valence-corrected chi connectivity index (χ1v) is 8.29. The fourth-order valence-electron chi connectivity index (χ4n) is 3.00. The van der Waals surface area contributed by atoms with Crippen molar-refractivity contribution in [2.75, 3.05) is 0 Å². The van der Waals surface area contributed by atoms with Crippen LogP contribution in [0.2, 0.25) is 0 Å². The second-order valence-corrected chi connectivity index (χ2v) is 6.61. The lowest BCUT2D eigenvalue weighted by Gasteiger charge is -2.27. The first kappa shape index (κ1) is 15.6. The zero-order valence-corrected chi connectivity index (χ0v) is 14.1. The molecule has 0 heterocycles. The van der Waals surface area contributed by atoms with Gasteiger partial charge in [0.05, 0.1) is 0 Å². The minimum Gasteiger partial charge on any atom is -0.0646 e. The molecule has 0 amide bonds. The molecule has 0 heteroatoms. The number of rotatable bonds is 4. The first-order chi connectivity index (χ1) is 11.1. The molecule has 1 radical (unpaired) electrons. The van der Waals surface area contributed by atoms with Crippen LogP contribution >= 0.6 is 0 Å². The van der Waals surface area contributed by atoms with Crippen molar-refractivity contribution in [2.45, 2.75) is 32.6 Å². The van der Waals surface area contributed by atoms with E-state index >= 15 is 0 Å².